The lowest BCUT2D eigenvalue weighted by Crippen LogP contribution is -2.54. The molecule has 0 radical (unpaired) electrons. The van der Waals surface area contributed by atoms with Gasteiger partial charge in [-0.05, 0) is 37.5 Å². The molecule has 0 aromatic heterocycles. The zero-order valence-electron chi connectivity index (χ0n) is 10.3. The van der Waals surface area contributed by atoms with Gasteiger partial charge in [-0.15, -0.1) is 0 Å². The Morgan fingerprint density at radius 1 is 1.42 bits per heavy atom. The first-order valence-corrected chi connectivity index (χ1v) is 6.09. The molecule has 0 bridgehead atoms. The summed E-state index contributed by atoms with van der Waals surface area (Å²) in [5, 5.41) is 20.5. The van der Waals surface area contributed by atoms with Crippen molar-refractivity contribution in [2.75, 3.05) is 0 Å². The highest BCUT2D eigenvalue weighted by molar-refractivity contribution is 5.95. The summed E-state index contributed by atoms with van der Waals surface area (Å²) in [6.07, 6.45) is 2.23. The number of nitrogens with one attached hydrogen (secondary N) is 1. The van der Waals surface area contributed by atoms with Gasteiger partial charge in [0.05, 0.1) is 23.6 Å². The zero-order valence-corrected chi connectivity index (χ0v) is 10.3. The van der Waals surface area contributed by atoms with Crippen LogP contribution in [0, 0.1) is 11.3 Å². The quantitative estimate of drug-likeness (QED) is 0.859. The Morgan fingerprint density at radius 2 is 2.16 bits per heavy atom. The maximum atomic E-state index is 12.1. The number of carbonyl (C=O) groups is 2. The van der Waals surface area contributed by atoms with Gasteiger partial charge >= 0.3 is 5.97 Å². The van der Waals surface area contributed by atoms with E-state index < -0.39 is 11.5 Å². The van der Waals surface area contributed by atoms with Crippen molar-refractivity contribution < 1.29 is 14.7 Å². The molecule has 1 amide bonds. The summed E-state index contributed by atoms with van der Waals surface area (Å²) >= 11 is 0. The Kier molecular flexibility index (Phi) is 3.52. The van der Waals surface area contributed by atoms with Gasteiger partial charge in [-0.25, -0.2) is 0 Å². The largest absolute Gasteiger partial charge is 0.481 e. The maximum Gasteiger partial charge on any atom is 0.305 e. The Labute approximate surface area is 110 Å². The molecular weight excluding hydrogens is 244 g/mol. The van der Waals surface area contributed by atoms with Gasteiger partial charge in [0.15, 0.2) is 0 Å². The Hall–Kier alpha value is -2.35. The SMILES string of the molecule is N#Cc1cccc(C(=O)NC2(CC(=O)O)CCC2)c1. The summed E-state index contributed by atoms with van der Waals surface area (Å²) in [6.45, 7) is 0. The van der Waals surface area contributed by atoms with Crippen LogP contribution in [0.15, 0.2) is 24.3 Å². The fourth-order valence-electron chi connectivity index (χ4n) is 2.28. The summed E-state index contributed by atoms with van der Waals surface area (Å²) in [5.41, 5.74) is 0.176. The van der Waals surface area contributed by atoms with Crippen LogP contribution in [0.5, 0.6) is 0 Å². The minimum absolute atomic E-state index is 0.0588. The molecule has 0 spiro atoms. The average Bonchev–Trinajstić information content (AvgIpc) is 2.35. The summed E-state index contributed by atoms with van der Waals surface area (Å²) in [6, 6.07) is 8.34. The number of carbonyl (C=O) groups excluding carboxylic acids is 1. The molecule has 0 saturated heterocycles. The minimum Gasteiger partial charge on any atom is -0.481 e. The van der Waals surface area contributed by atoms with Crippen LogP contribution in [0.1, 0.15) is 41.6 Å². The van der Waals surface area contributed by atoms with Crippen LogP contribution < -0.4 is 5.32 Å². The molecule has 1 aromatic rings. The molecule has 0 aliphatic heterocycles. The molecule has 2 rings (SSSR count). The lowest BCUT2D eigenvalue weighted by molar-refractivity contribution is -0.139. The monoisotopic (exact) mass is 258 g/mol. The predicted octanol–water partition coefficient (Wildman–Crippen LogP) is 1.69. The van der Waals surface area contributed by atoms with Gasteiger partial charge in [-0.3, -0.25) is 9.59 Å². The van der Waals surface area contributed by atoms with Crippen molar-refractivity contribution in [1.82, 2.24) is 5.32 Å². The van der Waals surface area contributed by atoms with Gasteiger partial charge in [-0.2, -0.15) is 5.26 Å². The number of amides is 1. The summed E-state index contributed by atoms with van der Waals surface area (Å²) in [5.74, 6) is -1.23. The third-order valence-corrected chi connectivity index (χ3v) is 3.43. The van der Waals surface area contributed by atoms with E-state index in [0.29, 0.717) is 24.0 Å². The number of nitriles is 1. The fourth-order valence-corrected chi connectivity index (χ4v) is 2.28. The molecule has 5 heteroatoms. The molecule has 98 valence electrons. The number of hydrogen-bond acceptors (Lipinski definition) is 3. The fraction of sp³-hybridized carbons (Fsp3) is 0.357. The van der Waals surface area contributed by atoms with E-state index in [1.165, 1.54) is 6.07 Å². The highest BCUT2D eigenvalue weighted by Gasteiger charge is 2.40. The van der Waals surface area contributed by atoms with Crippen molar-refractivity contribution in [3.63, 3.8) is 0 Å². The predicted molar refractivity (Wildman–Crippen MR) is 67.5 cm³/mol. The first-order valence-electron chi connectivity index (χ1n) is 6.09. The molecule has 5 nitrogen and oxygen atoms in total. The van der Waals surface area contributed by atoms with E-state index in [0.717, 1.165) is 6.42 Å². The second kappa shape index (κ2) is 5.11. The number of rotatable bonds is 4. The molecule has 19 heavy (non-hydrogen) atoms. The molecule has 0 heterocycles. The van der Waals surface area contributed by atoms with Crippen LogP contribution in [0.4, 0.5) is 0 Å². The molecule has 1 aliphatic carbocycles. The van der Waals surface area contributed by atoms with Gasteiger partial charge in [-0.1, -0.05) is 6.07 Å². The smallest absolute Gasteiger partial charge is 0.305 e. The highest BCUT2D eigenvalue weighted by Crippen LogP contribution is 2.35. The van der Waals surface area contributed by atoms with E-state index in [4.69, 9.17) is 10.4 Å². The zero-order chi connectivity index (χ0) is 13.9. The van der Waals surface area contributed by atoms with Crippen molar-refractivity contribution in [1.29, 1.82) is 5.26 Å². The topological polar surface area (TPSA) is 90.2 Å². The lowest BCUT2D eigenvalue weighted by Gasteiger charge is -2.41. The normalized spacial score (nSPS) is 15.9. The van der Waals surface area contributed by atoms with Gasteiger partial charge in [0.2, 0.25) is 0 Å². The maximum absolute atomic E-state index is 12.1. The van der Waals surface area contributed by atoms with E-state index >= 15 is 0 Å². The van der Waals surface area contributed by atoms with Gasteiger partial charge in [0.25, 0.3) is 5.91 Å². The van der Waals surface area contributed by atoms with E-state index in [-0.39, 0.29) is 12.3 Å². The Balaban J connectivity index is 2.11. The highest BCUT2D eigenvalue weighted by atomic mass is 16.4. The molecule has 1 aromatic carbocycles. The van der Waals surface area contributed by atoms with Crippen molar-refractivity contribution in [3.05, 3.63) is 35.4 Å². The second-order valence-corrected chi connectivity index (χ2v) is 4.85. The summed E-state index contributed by atoms with van der Waals surface area (Å²) in [4.78, 5) is 22.9. The van der Waals surface area contributed by atoms with E-state index in [1.807, 2.05) is 6.07 Å². The first kappa shape index (κ1) is 13.1. The number of aliphatic carboxylic acids is 1. The first-order chi connectivity index (χ1) is 9.04. The standard InChI is InChI=1S/C14H14N2O3/c15-9-10-3-1-4-11(7-10)13(19)16-14(5-2-6-14)8-12(17)18/h1,3-4,7H,2,5-6,8H2,(H,16,19)(H,17,18). The minimum atomic E-state index is -0.911. The summed E-state index contributed by atoms with van der Waals surface area (Å²) < 4.78 is 0. The van der Waals surface area contributed by atoms with Gasteiger partial charge < -0.3 is 10.4 Å². The Bertz CT molecular complexity index is 556. The van der Waals surface area contributed by atoms with Crippen molar-refractivity contribution in [2.24, 2.45) is 0 Å². The van der Waals surface area contributed by atoms with Crippen LogP contribution in [0.2, 0.25) is 0 Å². The third-order valence-electron chi connectivity index (χ3n) is 3.43. The van der Waals surface area contributed by atoms with Crippen molar-refractivity contribution in [3.8, 4) is 6.07 Å². The van der Waals surface area contributed by atoms with Crippen LogP contribution >= 0.6 is 0 Å². The summed E-state index contributed by atoms with van der Waals surface area (Å²) in [7, 11) is 0. The van der Waals surface area contributed by atoms with E-state index in [9.17, 15) is 9.59 Å². The van der Waals surface area contributed by atoms with E-state index in [2.05, 4.69) is 5.32 Å². The molecule has 1 fully saturated rings. The average molecular weight is 258 g/mol. The van der Waals surface area contributed by atoms with Crippen LogP contribution in [0.25, 0.3) is 0 Å². The molecule has 1 saturated carbocycles. The number of carboxylic acid groups (broad SMARTS) is 1. The molecular formula is C14H14N2O3. The van der Waals surface area contributed by atoms with Crippen LogP contribution in [-0.4, -0.2) is 22.5 Å². The van der Waals surface area contributed by atoms with Gasteiger partial charge in [0, 0.05) is 5.56 Å². The number of benzene rings is 1. The third kappa shape index (κ3) is 2.91. The molecule has 0 atom stereocenters. The van der Waals surface area contributed by atoms with Crippen molar-refractivity contribution in [2.45, 2.75) is 31.2 Å². The molecule has 1 aliphatic rings. The van der Waals surface area contributed by atoms with Gasteiger partial charge in [0.1, 0.15) is 0 Å². The lowest BCUT2D eigenvalue weighted by atomic mass is 9.74. The van der Waals surface area contributed by atoms with Crippen LogP contribution in [0.3, 0.4) is 0 Å². The number of hydrogen-bond donors (Lipinski definition) is 2. The molecule has 0 unspecified atom stereocenters. The number of nitrogens with zero attached hydrogens (tertiary/aromatic N) is 1. The van der Waals surface area contributed by atoms with E-state index in [1.54, 1.807) is 18.2 Å². The van der Waals surface area contributed by atoms with Crippen LogP contribution in [-0.2, 0) is 4.79 Å². The van der Waals surface area contributed by atoms with Crippen molar-refractivity contribution >= 4 is 11.9 Å². The molecule has 2 N–H and O–H groups in total. The number of carboxylic acids is 1. The second-order valence-electron chi connectivity index (χ2n) is 4.85. The Morgan fingerprint density at radius 3 is 2.68 bits per heavy atom.